The summed E-state index contributed by atoms with van der Waals surface area (Å²) >= 11 is 0. The summed E-state index contributed by atoms with van der Waals surface area (Å²) in [6.07, 6.45) is 0.809. The minimum Gasteiger partial charge on any atom is -0.334 e. The van der Waals surface area contributed by atoms with Crippen molar-refractivity contribution in [1.29, 1.82) is 5.41 Å². The molecule has 1 unspecified atom stereocenters. The van der Waals surface area contributed by atoms with Crippen LogP contribution in [0.2, 0.25) is 0 Å². The zero-order valence-corrected chi connectivity index (χ0v) is 17.3. The highest BCUT2D eigenvalue weighted by Crippen LogP contribution is 2.34. The van der Waals surface area contributed by atoms with E-state index in [1.807, 2.05) is 0 Å². The predicted molar refractivity (Wildman–Crippen MR) is 112 cm³/mol. The Balaban J connectivity index is 1.62. The number of piperidine rings is 1. The molecule has 7 nitrogen and oxygen atoms in total. The average molecular weight is 460 g/mol. The number of aromatic nitrogens is 4. The van der Waals surface area contributed by atoms with E-state index in [9.17, 15) is 22.4 Å². The van der Waals surface area contributed by atoms with Crippen molar-refractivity contribution in [2.24, 2.45) is 0 Å². The molecule has 0 saturated carbocycles. The first kappa shape index (κ1) is 22.4. The number of hydrogen-bond donors (Lipinski definition) is 3. The molecule has 33 heavy (non-hydrogen) atoms. The molecule has 3 N–H and O–H groups in total. The lowest BCUT2D eigenvalue weighted by Crippen LogP contribution is -2.38. The van der Waals surface area contributed by atoms with E-state index in [0.717, 1.165) is 36.9 Å². The van der Waals surface area contributed by atoms with Crippen LogP contribution in [0.1, 0.15) is 52.9 Å². The Bertz CT molecular complexity index is 1160. The van der Waals surface area contributed by atoms with E-state index in [4.69, 9.17) is 5.41 Å². The fourth-order valence-corrected chi connectivity index (χ4v) is 3.81. The molecular formula is C22H20F4N6O. The third kappa shape index (κ3) is 4.86. The molecule has 1 aromatic carbocycles. The minimum atomic E-state index is -4.84. The summed E-state index contributed by atoms with van der Waals surface area (Å²) < 4.78 is 54.4. The van der Waals surface area contributed by atoms with E-state index in [-0.39, 0.29) is 17.3 Å². The number of imidazole rings is 1. The largest absolute Gasteiger partial charge is 0.420 e. The van der Waals surface area contributed by atoms with Crippen LogP contribution in [0.4, 0.5) is 17.6 Å². The average Bonchev–Trinajstić information content (AvgIpc) is 3.49. The van der Waals surface area contributed by atoms with E-state index in [1.165, 1.54) is 12.1 Å². The van der Waals surface area contributed by atoms with E-state index >= 15 is 0 Å². The molecule has 1 saturated heterocycles. The van der Waals surface area contributed by atoms with Crippen molar-refractivity contribution in [3.05, 3.63) is 77.4 Å². The lowest BCUT2D eigenvalue weighted by molar-refractivity contribution is -0.0693. The van der Waals surface area contributed by atoms with Crippen molar-refractivity contribution in [3.8, 4) is 0 Å². The third-order valence-electron chi connectivity index (χ3n) is 5.46. The van der Waals surface area contributed by atoms with Gasteiger partial charge in [-0.05, 0) is 61.2 Å². The summed E-state index contributed by atoms with van der Waals surface area (Å²) in [5.41, 5.74) is -0.899. The SMILES string of the molecule is N=C(/C=C(\c1ncc(C(=O)N2CCCCC2c2ccn[nH]2)[nH]1)C(F)(F)F)c1ccc(F)cc1. The lowest BCUT2D eigenvalue weighted by atomic mass is 9.99. The number of rotatable bonds is 5. The van der Waals surface area contributed by atoms with Crippen LogP contribution in [0.15, 0.2) is 48.8 Å². The number of likely N-dealkylation sites (tertiary alicyclic amines) is 1. The number of amides is 1. The molecule has 1 fully saturated rings. The van der Waals surface area contributed by atoms with Gasteiger partial charge in [0.15, 0.2) is 0 Å². The first-order chi connectivity index (χ1) is 15.7. The number of benzene rings is 1. The number of carbonyl (C=O) groups is 1. The molecular weight excluding hydrogens is 440 g/mol. The van der Waals surface area contributed by atoms with E-state index < -0.39 is 35.0 Å². The maximum absolute atomic E-state index is 13.8. The molecule has 1 aliphatic rings. The van der Waals surface area contributed by atoms with Crippen molar-refractivity contribution in [1.82, 2.24) is 25.1 Å². The molecule has 2 aromatic heterocycles. The van der Waals surface area contributed by atoms with Crippen LogP contribution in [0, 0.1) is 11.2 Å². The van der Waals surface area contributed by atoms with Crippen molar-refractivity contribution in [2.45, 2.75) is 31.5 Å². The van der Waals surface area contributed by atoms with Crippen molar-refractivity contribution >= 4 is 17.2 Å². The van der Waals surface area contributed by atoms with Gasteiger partial charge in [0.25, 0.3) is 5.91 Å². The van der Waals surface area contributed by atoms with Crippen LogP contribution >= 0.6 is 0 Å². The highest BCUT2D eigenvalue weighted by molar-refractivity contribution is 6.10. The predicted octanol–water partition coefficient (Wildman–Crippen LogP) is 4.65. The Kier molecular flexibility index (Phi) is 6.12. The Labute approximate surface area is 186 Å². The van der Waals surface area contributed by atoms with Crippen LogP contribution in [-0.4, -0.2) is 49.4 Å². The number of aromatic amines is 2. The van der Waals surface area contributed by atoms with Crippen LogP contribution in [-0.2, 0) is 0 Å². The number of nitrogens with one attached hydrogen (secondary N) is 3. The van der Waals surface area contributed by atoms with Crippen LogP contribution in [0.3, 0.4) is 0 Å². The summed E-state index contributed by atoms with van der Waals surface area (Å²) in [5.74, 6) is -1.61. The maximum atomic E-state index is 13.8. The van der Waals surface area contributed by atoms with Gasteiger partial charge in [-0.3, -0.25) is 9.89 Å². The van der Waals surface area contributed by atoms with Gasteiger partial charge in [0.2, 0.25) is 0 Å². The summed E-state index contributed by atoms with van der Waals surface area (Å²) in [4.78, 5) is 21.0. The second-order valence-electron chi connectivity index (χ2n) is 7.64. The number of H-pyrrole nitrogens is 2. The standard InChI is InChI=1S/C22H20F4N6O/c23-14-6-4-13(5-7-14)16(27)11-15(22(24,25)26)20-28-12-18(30-20)21(33)32-10-2-1-3-19(32)17-8-9-29-31-17/h4-9,11-12,19,27H,1-3,10H2,(H,28,30)(H,29,31)/b15-11+,27-16?. The molecule has 1 amide bonds. The fraction of sp³-hybridized carbons (Fsp3) is 0.273. The van der Waals surface area contributed by atoms with Gasteiger partial charge in [0.05, 0.1) is 23.6 Å². The summed E-state index contributed by atoms with van der Waals surface area (Å²) in [5, 5.41) is 14.8. The minimum absolute atomic E-state index is 0.0834. The molecule has 1 aliphatic heterocycles. The Morgan fingerprint density at radius 3 is 2.61 bits per heavy atom. The molecule has 1 atom stereocenters. The third-order valence-corrected chi connectivity index (χ3v) is 5.46. The van der Waals surface area contributed by atoms with E-state index in [0.29, 0.717) is 19.0 Å². The van der Waals surface area contributed by atoms with Gasteiger partial charge in [0.1, 0.15) is 22.9 Å². The van der Waals surface area contributed by atoms with Crippen LogP contribution < -0.4 is 0 Å². The van der Waals surface area contributed by atoms with Crippen molar-refractivity contribution in [3.63, 3.8) is 0 Å². The number of alkyl halides is 3. The zero-order chi connectivity index (χ0) is 23.6. The zero-order valence-electron chi connectivity index (χ0n) is 17.3. The molecule has 11 heteroatoms. The monoisotopic (exact) mass is 460 g/mol. The second-order valence-corrected chi connectivity index (χ2v) is 7.64. The highest BCUT2D eigenvalue weighted by Gasteiger charge is 2.38. The molecule has 4 rings (SSSR count). The maximum Gasteiger partial charge on any atom is 0.420 e. The van der Waals surface area contributed by atoms with E-state index in [1.54, 1.807) is 17.2 Å². The van der Waals surface area contributed by atoms with Gasteiger partial charge in [-0.25, -0.2) is 9.37 Å². The fourth-order valence-electron chi connectivity index (χ4n) is 3.81. The van der Waals surface area contributed by atoms with E-state index in [2.05, 4.69) is 20.2 Å². The molecule has 3 aromatic rings. The van der Waals surface area contributed by atoms with Crippen molar-refractivity contribution < 1.29 is 22.4 Å². The molecule has 0 aliphatic carbocycles. The number of hydrogen-bond acceptors (Lipinski definition) is 4. The summed E-state index contributed by atoms with van der Waals surface area (Å²) in [6.45, 7) is 0.452. The molecule has 0 radical (unpaired) electrons. The van der Waals surface area contributed by atoms with Crippen molar-refractivity contribution in [2.75, 3.05) is 6.54 Å². The normalized spacial score (nSPS) is 17.3. The molecule has 0 spiro atoms. The number of nitrogens with zero attached hydrogens (tertiary/aromatic N) is 3. The second kappa shape index (κ2) is 9.00. The highest BCUT2D eigenvalue weighted by atomic mass is 19.4. The first-order valence-corrected chi connectivity index (χ1v) is 10.2. The van der Waals surface area contributed by atoms with Gasteiger partial charge in [0, 0.05) is 12.7 Å². The molecule has 172 valence electrons. The van der Waals surface area contributed by atoms with Gasteiger partial charge in [-0.15, -0.1) is 0 Å². The summed E-state index contributed by atoms with van der Waals surface area (Å²) in [7, 11) is 0. The lowest BCUT2D eigenvalue weighted by Gasteiger charge is -2.34. The van der Waals surface area contributed by atoms with Crippen LogP contribution in [0.5, 0.6) is 0 Å². The number of allylic oxidation sites excluding steroid dienone is 2. The Morgan fingerprint density at radius 2 is 1.94 bits per heavy atom. The van der Waals surface area contributed by atoms with Gasteiger partial charge in [-0.1, -0.05) is 0 Å². The quantitative estimate of drug-likeness (QED) is 0.382. The molecule has 3 heterocycles. The topological polar surface area (TPSA) is 102 Å². The Morgan fingerprint density at radius 1 is 1.18 bits per heavy atom. The smallest absolute Gasteiger partial charge is 0.334 e. The number of carbonyl (C=O) groups excluding carboxylic acids is 1. The van der Waals surface area contributed by atoms with Gasteiger partial charge >= 0.3 is 6.18 Å². The number of halogens is 4. The van der Waals surface area contributed by atoms with Gasteiger partial charge in [-0.2, -0.15) is 18.3 Å². The summed E-state index contributed by atoms with van der Waals surface area (Å²) in [6, 6.07) is 6.05. The molecule has 0 bridgehead atoms. The van der Waals surface area contributed by atoms with Gasteiger partial charge < -0.3 is 15.3 Å². The first-order valence-electron chi connectivity index (χ1n) is 10.2. The van der Waals surface area contributed by atoms with Crippen LogP contribution in [0.25, 0.3) is 5.57 Å². The Hall–Kier alpha value is -3.76.